The molecule has 0 aliphatic carbocycles. The van der Waals surface area contributed by atoms with Crippen LogP contribution >= 0.6 is 23.8 Å². The first kappa shape index (κ1) is 23.7. The maximum atomic E-state index is 13.5. The molecule has 1 amide bonds. The molecule has 1 aliphatic rings. The Kier molecular flexibility index (Phi) is 7.14. The van der Waals surface area contributed by atoms with E-state index in [9.17, 15) is 9.18 Å². The fourth-order valence-corrected chi connectivity index (χ4v) is 4.14. The van der Waals surface area contributed by atoms with Gasteiger partial charge in [-0.25, -0.2) is 4.39 Å². The molecule has 0 atom stereocenters. The molecule has 3 aromatic rings. The van der Waals surface area contributed by atoms with Gasteiger partial charge >= 0.3 is 0 Å². The summed E-state index contributed by atoms with van der Waals surface area (Å²) in [5.41, 5.74) is 2.42. The van der Waals surface area contributed by atoms with Crippen LogP contribution in [0.3, 0.4) is 0 Å². The van der Waals surface area contributed by atoms with Crippen LogP contribution in [0.1, 0.15) is 18.1 Å². The van der Waals surface area contributed by atoms with Crippen molar-refractivity contribution in [3.63, 3.8) is 0 Å². The van der Waals surface area contributed by atoms with Crippen LogP contribution in [0, 0.1) is 5.82 Å². The molecule has 174 valence electrons. The molecule has 4 rings (SSSR count). The van der Waals surface area contributed by atoms with E-state index in [-0.39, 0.29) is 18.3 Å². The largest absolute Gasteiger partial charge is 0.490 e. The van der Waals surface area contributed by atoms with Crippen molar-refractivity contribution in [3.05, 3.63) is 94.4 Å². The van der Waals surface area contributed by atoms with Crippen molar-refractivity contribution in [1.82, 2.24) is 4.90 Å². The van der Waals surface area contributed by atoms with Crippen LogP contribution < -0.4 is 14.4 Å². The van der Waals surface area contributed by atoms with Gasteiger partial charge in [-0.1, -0.05) is 41.9 Å². The smallest absolute Gasteiger partial charge is 0.281 e. The third kappa shape index (κ3) is 4.90. The highest BCUT2D eigenvalue weighted by molar-refractivity contribution is 7.80. The Hall–Kier alpha value is -3.42. The van der Waals surface area contributed by atoms with Gasteiger partial charge in [-0.2, -0.15) is 0 Å². The minimum Gasteiger partial charge on any atom is -0.490 e. The van der Waals surface area contributed by atoms with Crippen LogP contribution in [0.2, 0.25) is 5.02 Å². The molecule has 1 aliphatic heterocycles. The van der Waals surface area contributed by atoms with Gasteiger partial charge in [0.15, 0.2) is 16.6 Å². The molecule has 3 aromatic carbocycles. The van der Waals surface area contributed by atoms with Gasteiger partial charge in [0.05, 0.1) is 17.3 Å². The number of thiocarbonyl (C=S) groups is 1. The fourth-order valence-electron chi connectivity index (χ4n) is 3.58. The maximum absolute atomic E-state index is 13.5. The van der Waals surface area contributed by atoms with E-state index in [0.717, 1.165) is 0 Å². The summed E-state index contributed by atoms with van der Waals surface area (Å²) in [6, 6.07) is 18.8. The molecule has 5 nitrogen and oxygen atoms in total. The Morgan fingerprint density at radius 2 is 1.82 bits per heavy atom. The second-order valence-corrected chi connectivity index (χ2v) is 8.30. The highest BCUT2D eigenvalue weighted by Gasteiger charge is 2.36. The lowest BCUT2D eigenvalue weighted by molar-refractivity contribution is -0.114. The van der Waals surface area contributed by atoms with Crippen molar-refractivity contribution in [2.45, 2.75) is 13.5 Å². The minimum absolute atomic E-state index is 0.125. The summed E-state index contributed by atoms with van der Waals surface area (Å²) in [6.45, 7) is 2.36. The summed E-state index contributed by atoms with van der Waals surface area (Å²) in [5, 5.41) is 0.693. The number of rotatable bonds is 7. The number of hydrogen-bond acceptors (Lipinski definition) is 4. The minimum atomic E-state index is -0.341. The van der Waals surface area contributed by atoms with Crippen LogP contribution in [0.25, 0.3) is 6.08 Å². The zero-order valence-corrected chi connectivity index (χ0v) is 20.2. The Labute approximate surface area is 208 Å². The molecule has 0 aromatic heterocycles. The predicted octanol–water partition coefficient (Wildman–Crippen LogP) is 6.06. The summed E-state index contributed by atoms with van der Waals surface area (Å²) in [7, 11) is 1.75. The molecular formula is C26H22ClFN2O3S. The van der Waals surface area contributed by atoms with Gasteiger partial charge in [0.25, 0.3) is 5.91 Å². The Bertz CT molecular complexity index is 1270. The Balaban J connectivity index is 1.64. The summed E-state index contributed by atoms with van der Waals surface area (Å²) < 4.78 is 25.1. The summed E-state index contributed by atoms with van der Waals surface area (Å²) in [6.07, 6.45) is 1.71. The second kappa shape index (κ2) is 10.2. The van der Waals surface area contributed by atoms with E-state index in [4.69, 9.17) is 33.3 Å². The number of hydrogen-bond donors (Lipinski definition) is 0. The molecule has 1 heterocycles. The average Bonchev–Trinajstić information content (AvgIpc) is 3.02. The number of amides is 1. The van der Waals surface area contributed by atoms with Crippen molar-refractivity contribution in [1.29, 1.82) is 0 Å². The number of ether oxygens (including phenoxy) is 2. The normalized spacial score (nSPS) is 14.8. The fraction of sp³-hybridized carbons (Fsp3) is 0.154. The molecule has 1 fully saturated rings. The molecule has 0 bridgehead atoms. The van der Waals surface area contributed by atoms with E-state index in [2.05, 4.69) is 0 Å². The monoisotopic (exact) mass is 496 g/mol. The molecule has 0 N–H and O–H groups in total. The van der Waals surface area contributed by atoms with Crippen LogP contribution in [0.15, 0.2) is 72.4 Å². The van der Waals surface area contributed by atoms with Crippen LogP contribution in [-0.2, 0) is 11.4 Å². The third-order valence-electron chi connectivity index (χ3n) is 5.18. The lowest BCUT2D eigenvalue weighted by Gasteiger charge is -2.16. The molecule has 0 radical (unpaired) electrons. The molecule has 0 saturated carbocycles. The topological polar surface area (TPSA) is 42.0 Å². The highest BCUT2D eigenvalue weighted by atomic mass is 35.5. The summed E-state index contributed by atoms with van der Waals surface area (Å²) in [4.78, 5) is 16.3. The Morgan fingerprint density at radius 1 is 1.06 bits per heavy atom. The van der Waals surface area contributed by atoms with E-state index >= 15 is 0 Å². The maximum Gasteiger partial charge on any atom is 0.281 e. The van der Waals surface area contributed by atoms with E-state index in [1.54, 1.807) is 42.3 Å². The number of anilines is 1. The van der Waals surface area contributed by atoms with Gasteiger partial charge in [-0.05, 0) is 72.7 Å². The standard InChI is InChI=1S/C26H22ClFN2O3S/c1-3-32-23-15-18(13-21(27)24(23)33-16-17-8-7-9-19(28)12-17)14-22-25(31)30(26(34)29(22)2)20-10-5-4-6-11-20/h4-15H,3,16H2,1-2H3/b22-14-. The predicted molar refractivity (Wildman–Crippen MR) is 136 cm³/mol. The number of nitrogens with zero attached hydrogens (tertiary/aromatic N) is 2. The van der Waals surface area contributed by atoms with Crippen molar-refractivity contribution >= 4 is 46.6 Å². The van der Waals surface area contributed by atoms with Crippen LogP contribution in [-0.4, -0.2) is 29.6 Å². The summed E-state index contributed by atoms with van der Waals surface area (Å²) >= 11 is 12.0. The first-order valence-corrected chi connectivity index (χ1v) is 11.4. The Morgan fingerprint density at radius 3 is 2.53 bits per heavy atom. The second-order valence-electron chi connectivity index (χ2n) is 7.53. The zero-order chi connectivity index (χ0) is 24.2. The number of carbonyl (C=O) groups is 1. The molecule has 1 saturated heterocycles. The van der Waals surface area contributed by atoms with Gasteiger partial charge in [0.2, 0.25) is 0 Å². The van der Waals surface area contributed by atoms with Gasteiger partial charge < -0.3 is 14.4 Å². The highest BCUT2D eigenvalue weighted by Crippen LogP contribution is 2.38. The first-order valence-electron chi connectivity index (χ1n) is 10.6. The lowest BCUT2D eigenvalue weighted by atomic mass is 10.1. The first-order chi connectivity index (χ1) is 16.4. The number of para-hydroxylation sites is 1. The number of benzene rings is 3. The quantitative estimate of drug-likeness (QED) is 0.294. The number of halogens is 2. The molecule has 34 heavy (non-hydrogen) atoms. The van der Waals surface area contributed by atoms with E-state index < -0.39 is 0 Å². The average molecular weight is 497 g/mol. The van der Waals surface area contributed by atoms with Gasteiger partial charge in [-0.15, -0.1) is 0 Å². The lowest BCUT2D eigenvalue weighted by Crippen LogP contribution is -2.30. The van der Waals surface area contributed by atoms with Gasteiger partial charge in [0.1, 0.15) is 18.1 Å². The van der Waals surface area contributed by atoms with Crippen LogP contribution in [0.4, 0.5) is 10.1 Å². The molecule has 8 heteroatoms. The molecule has 0 spiro atoms. The van der Waals surface area contributed by atoms with Crippen molar-refractivity contribution in [3.8, 4) is 11.5 Å². The zero-order valence-electron chi connectivity index (χ0n) is 18.6. The van der Waals surface area contributed by atoms with Crippen LogP contribution in [0.5, 0.6) is 11.5 Å². The third-order valence-corrected chi connectivity index (χ3v) is 5.92. The van der Waals surface area contributed by atoms with E-state index in [1.165, 1.54) is 17.0 Å². The van der Waals surface area contributed by atoms with Crippen molar-refractivity contribution < 1.29 is 18.7 Å². The SMILES string of the molecule is CCOc1cc(/C=C2/C(=O)N(c3ccccc3)C(=S)N2C)cc(Cl)c1OCc1cccc(F)c1. The molecule has 0 unspecified atom stereocenters. The number of carbonyl (C=O) groups excluding carboxylic acids is 1. The van der Waals surface area contributed by atoms with Gasteiger partial charge in [0, 0.05) is 7.05 Å². The number of likely N-dealkylation sites (N-methyl/N-ethyl adjacent to an activating group) is 1. The van der Waals surface area contributed by atoms with E-state index in [0.29, 0.717) is 50.8 Å². The van der Waals surface area contributed by atoms with E-state index in [1.807, 2.05) is 37.3 Å². The van der Waals surface area contributed by atoms with Crippen molar-refractivity contribution in [2.75, 3.05) is 18.6 Å². The molecular weight excluding hydrogens is 475 g/mol. The van der Waals surface area contributed by atoms with Gasteiger partial charge in [-0.3, -0.25) is 9.69 Å². The summed E-state index contributed by atoms with van der Waals surface area (Å²) in [5.74, 6) is 0.197. The van der Waals surface area contributed by atoms with Crippen molar-refractivity contribution in [2.24, 2.45) is 0 Å².